The number of sulfone groups is 1. The molecule has 2 heterocycles. The van der Waals surface area contributed by atoms with E-state index < -0.39 is 32.9 Å². The molecule has 1 aromatic heterocycles. The van der Waals surface area contributed by atoms with E-state index in [1.165, 1.54) is 18.2 Å². The quantitative estimate of drug-likeness (QED) is 0.437. The number of hydrogen-bond acceptors (Lipinski definition) is 7. The Morgan fingerprint density at radius 1 is 1.16 bits per heavy atom. The van der Waals surface area contributed by atoms with E-state index >= 15 is 0 Å². The van der Waals surface area contributed by atoms with E-state index in [1.54, 1.807) is 37.3 Å². The molecule has 0 bridgehead atoms. The molecule has 0 spiro atoms. The molecule has 0 radical (unpaired) electrons. The molecule has 5 rings (SSSR count). The lowest BCUT2D eigenvalue weighted by molar-refractivity contribution is -0.169. The molecule has 1 aliphatic carbocycles. The predicted molar refractivity (Wildman–Crippen MR) is 114 cm³/mol. The van der Waals surface area contributed by atoms with Crippen LogP contribution in [0.1, 0.15) is 37.5 Å². The average molecular weight is 453 g/mol. The number of aryl methyl sites for hydroxylation is 1. The molecule has 32 heavy (non-hydrogen) atoms. The molecular formula is C22H19N3O6S. The van der Waals surface area contributed by atoms with Crippen LogP contribution in [0.5, 0.6) is 5.75 Å². The number of carbonyl (C=O) groups excluding carboxylic acids is 2. The zero-order chi connectivity index (χ0) is 23.1. The fraction of sp³-hybridized carbons (Fsp3) is 0.182. The van der Waals surface area contributed by atoms with E-state index in [9.17, 15) is 23.1 Å². The van der Waals surface area contributed by atoms with Crippen LogP contribution in [0.3, 0.4) is 0 Å². The average Bonchev–Trinajstić information content (AvgIpc) is 3.29. The lowest BCUT2D eigenvalue weighted by Gasteiger charge is -2.34. The van der Waals surface area contributed by atoms with Gasteiger partial charge in [-0.05, 0) is 30.7 Å². The molecule has 1 amide bonds. The number of carbonyl (C=O) groups is 2. The molecule has 5 N–H and O–H groups in total. The van der Waals surface area contributed by atoms with Crippen molar-refractivity contribution in [1.82, 2.24) is 10.3 Å². The first-order chi connectivity index (χ1) is 15.0. The number of para-hydroxylation sites is 1. The molecule has 1 aliphatic heterocycles. The smallest absolute Gasteiger partial charge is 0.271 e. The zero-order valence-corrected chi connectivity index (χ0v) is 17.9. The Labute approximate surface area is 183 Å². The molecule has 2 aliphatic rings. The number of benzene rings is 2. The number of rotatable bonds is 3. The van der Waals surface area contributed by atoms with Crippen LogP contribution in [0.2, 0.25) is 0 Å². The van der Waals surface area contributed by atoms with Gasteiger partial charge in [0.1, 0.15) is 16.5 Å². The number of amides is 1. The second-order valence-corrected chi connectivity index (χ2v) is 9.99. The number of Topliss-reactive ketones (excluding diaryl/α,β-unsaturated/α-hetero) is 1. The Bertz CT molecular complexity index is 1440. The van der Waals surface area contributed by atoms with Crippen molar-refractivity contribution in [2.45, 2.75) is 23.3 Å². The molecule has 2 atom stereocenters. The molecule has 164 valence electrons. The third-order valence-electron chi connectivity index (χ3n) is 6.00. The molecule has 0 fully saturated rings. The van der Waals surface area contributed by atoms with E-state index in [0.717, 1.165) is 6.26 Å². The summed E-state index contributed by atoms with van der Waals surface area (Å²) in [5.41, 5.74) is 4.95. The summed E-state index contributed by atoms with van der Waals surface area (Å²) in [6.07, 6.45) is 1.01. The van der Waals surface area contributed by atoms with Gasteiger partial charge >= 0.3 is 0 Å². The molecule has 0 saturated heterocycles. The van der Waals surface area contributed by atoms with Crippen molar-refractivity contribution in [3.8, 4) is 5.75 Å². The fourth-order valence-electron chi connectivity index (χ4n) is 4.51. The molecule has 2 aromatic carbocycles. The third kappa shape index (κ3) is 2.38. The molecule has 10 heteroatoms. The van der Waals surface area contributed by atoms with Crippen molar-refractivity contribution in [2.75, 3.05) is 12.0 Å². The second kappa shape index (κ2) is 6.21. The van der Waals surface area contributed by atoms with Crippen LogP contribution in [-0.2, 0) is 21.2 Å². The first-order valence-corrected chi connectivity index (χ1v) is 11.6. The van der Waals surface area contributed by atoms with Crippen LogP contribution in [0, 0.1) is 6.92 Å². The lowest BCUT2D eigenvalue weighted by Crippen LogP contribution is -2.60. The van der Waals surface area contributed by atoms with Crippen molar-refractivity contribution >= 4 is 27.2 Å². The summed E-state index contributed by atoms with van der Waals surface area (Å²) in [7, 11) is -3.60. The molecular weight excluding hydrogens is 434 g/mol. The minimum atomic E-state index is -3.60. The van der Waals surface area contributed by atoms with Gasteiger partial charge < -0.3 is 25.9 Å². The number of H-pyrrole nitrogens is 1. The van der Waals surface area contributed by atoms with Gasteiger partial charge in [0.05, 0.1) is 5.56 Å². The number of ether oxygens (including phenoxy) is 1. The topological polar surface area (TPSA) is 152 Å². The summed E-state index contributed by atoms with van der Waals surface area (Å²) in [6, 6.07) is 12.5. The van der Waals surface area contributed by atoms with Crippen molar-refractivity contribution in [2.24, 2.45) is 0 Å². The first-order valence-electron chi connectivity index (χ1n) is 9.67. The highest BCUT2D eigenvalue weighted by Gasteiger charge is 2.72. The maximum Gasteiger partial charge on any atom is 0.271 e. The van der Waals surface area contributed by atoms with Crippen LogP contribution in [-0.4, -0.2) is 36.5 Å². The second-order valence-electron chi connectivity index (χ2n) is 8.01. The molecule has 3 aromatic rings. The summed E-state index contributed by atoms with van der Waals surface area (Å²) in [4.78, 5) is 29.7. The highest BCUT2D eigenvalue weighted by molar-refractivity contribution is 7.90. The van der Waals surface area contributed by atoms with Crippen molar-refractivity contribution in [3.05, 3.63) is 76.5 Å². The predicted octanol–water partition coefficient (Wildman–Crippen LogP) is 1.37. The van der Waals surface area contributed by atoms with Gasteiger partial charge in [-0.15, -0.1) is 0 Å². The Balaban J connectivity index is 1.71. The number of ketones is 1. The van der Waals surface area contributed by atoms with Crippen molar-refractivity contribution in [1.29, 1.82) is 0 Å². The summed E-state index contributed by atoms with van der Waals surface area (Å²) in [5.74, 6) is -3.42. The standard InChI is InChI=1S/C22H19N3O6S/c1-11-10-16(32(2,29)30)24-18(11)20(27)25-21-12-6-3-4-9-15(12)31-22(21,28)13-7-5-8-14(23)17(13)19(21)26/h3-10,24,28H,23H2,1-2H3,(H,25,27). The number of aromatic nitrogens is 1. The van der Waals surface area contributed by atoms with Gasteiger partial charge in [-0.1, -0.05) is 30.3 Å². The van der Waals surface area contributed by atoms with E-state index in [0.29, 0.717) is 5.56 Å². The SMILES string of the molecule is Cc1cc(S(C)(=O)=O)[nH]c1C(=O)NC12C(=O)c3c(N)cccc3C1(O)Oc1ccccc12. The monoisotopic (exact) mass is 453 g/mol. The number of hydrogen-bond donors (Lipinski definition) is 4. The number of aliphatic hydroxyl groups is 1. The van der Waals surface area contributed by atoms with Crippen molar-refractivity contribution in [3.63, 3.8) is 0 Å². The van der Waals surface area contributed by atoms with Gasteiger partial charge in [0.15, 0.2) is 9.84 Å². The fourth-order valence-corrected chi connectivity index (χ4v) is 5.19. The van der Waals surface area contributed by atoms with Crippen LogP contribution in [0.25, 0.3) is 0 Å². The van der Waals surface area contributed by atoms with Gasteiger partial charge in [0.2, 0.25) is 11.3 Å². The number of fused-ring (bicyclic) bond motifs is 5. The van der Waals surface area contributed by atoms with E-state index in [1.807, 2.05) is 0 Å². The third-order valence-corrected chi connectivity index (χ3v) is 7.02. The van der Waals surface area contributed by atoms with Gasteiger partial charge in [0, 0.05) is 23.1 Å². The number of aromatic amines is 1. The zero-order valence-electron chi connectivity index (χ0n) is 17.1. The maximum absolute atomic E-state index is 13.8. The lowest BCUT2D eigenvalue weighted by atomic mass is 9.82. The number of nitrogens with one attached hydrogen (secondary N) is 2. The summed E-state index contributed by atoms with van der Waals surface area (Å²) in [5, 5.41) is 14.2. The van der Waals surface area contributed by atoms with Gasteiger partial charge in [-0.25, -0.2) is 8.42 Å². The Kier molecular flexibility index (Phi) is 3.93. The van der Waals surface area contributed by atoms with Crippen LogP contribution >= 0.6 is 0 Å². The van der Waals surface area contributed by atoms with E-state index in [4.69, 9.17) is 10.5 Å². The Morgan fingerprint density at radius 3 is 2.53 bits per heavy atom. The largest absolute Gasteiger partial charge is 0.454 e. The Hall–Kier alpha value is -3.63. The van der Waals surface area contributed by atoms with Crippen LogP contribution in [0.4, 0.5) is 5.69 Å². The minimum absolute atomic E-state index is 0.0525. The van der Waals surface area contributed by atoms with Gasteiger partial charge in [-0.2, -0.15) is 0 Å². The molecule has 9 nitrogen and oxygen atoms in total. The highest BCUT2D eigenvalue weighted by atomic mass is 32.2. The molecule has 0 saturated carbocycles. The Morgan fingerprint density at radius 2 is 1.84 bits per heavy atom. The number of nitrogen functional groups attached to an aromatic ring is 1. The summed E-state index contributed by atoms with van der Waals surface area (Å²) in [6.45, 7) is 1.56. The minimum Gasteiger partial charge on any atom is -0.454 e. The first kappa shape index (κ1) is 20.3. The van der Waals surface area contributed by atoms with E-state index in [-0.39, 0.29) is 38.8 Å². The van der Waals surface area contributed by atoms with E-state index in [2.05, 4.69) is 10.3 Å². The highest BCUT2D eigenvalue weighted by Crippen LogP contribution is 2.58. The summed E-state index contributed by atoms with van der Waals surface area (Å²) < 4.78 is 29.7. The maximum atomic E-state index is 13.8. The van der Waals surface area contributed by atoms with Crippen LogP contribution in [0.15, 0.2) is 53.6 Å². The van der Waals surface area contributed by atoms with Crippen molar-refractivity contribution < 1.29 is 27.9 Å². The van der Waals surface area contributed by atoms with Crippen LogP contribution < -0.4 is 15.8 Å². The summed E-state index contributed by atoms with van der Waals surface area (Å²) >= 11 is 0. The van der Waals surface area contributed by atoms with Gasteiger partial charge in [0.25, 0.3) is 11.7 Å². The molecule has 2 unspecified atom stereocenters. The van der Waals surface area contributed by atoms with Gasteiger partial charge in [-0.3, -0.25) is 9.59 Å². The number of anilines is 1. The number of nitrogens with two attached hydrogens (primary N) is 1. The normalized spacial score (nSPS) is 23.3.